The van der Waals surface area contributed by atoms with Crippen LogP contribution in [-0.4, -0.2) is 40.6 Å². The quantitative estimate of drug-likeness (QED) is 0.657. The Morgan fingerprint density at radius 3 is 2.76 bits per heavy atom. The van der Waals surface area contributed by atoms with Gasteiger partial charge in [-0.2, -0.15) is 0 Å². The molecule has 1 aromatic heterocycles. The van der Waals surface area contributed by atoms with Crippen LogP contribution in [0.4, 0.5) is 10.5 Å². The van der Waals surface area contributed by atoms with Crippen molar-refractivity contribution in [3.05, 3.63) is 53.3 Å². The molecular weight excluding hydrogens is 364 g/mol. The van der Waals surface area contributed by atoms with Crippen LogP contribution in [0.25, 0.3) is 11.0 Å². The van der Waals surface area contributed by atoms with Crippen molar-refractivity contribution in [1.82, 2.24) is 14.9 Å². The molecule has 0 bridgehead atoms. The SMILES string of the molecule is CCOc1ccc(NC(=O)N2CCCC(c3nc4cc(C)c(C)cc4[nH]3)C2)cc1. The number of rotatable bonds is 4. The average molecular weight is 393 g/mol. The number of imidazole rings is 1. The first-order valence-corrected chi connectivity index (χ1v) is 10.3. The zero-order chi connectivity index (χ0) is 20.4. The van der Waals surface area contributed by atoms with Gasteiger partial charge in [0.1, 0.15) is 11.6 Å². The fourth-order valence-corrected chi connectivity index (χ4v) is 3.87. The third kappa shape index (κ3) is 4.21. The highest BCUT2D eigenvalue weighted by Gasteiger charge is 2.27. The van der Waals surface area contributed by atoms with Crippen LogP contribution in [0.1, 0.15) is 42.6 Å². The van der Waals surface area contributed by atoms with E-state index < -0.39 is 0 Å². The lowest BCUT2D eigenvalue weighted by molar-refractivity contribution is 0.191. The van der Waals surface area contributed by atoms with E-state index in [4.69, 9.17) is 9.72 Å². The third-order valence-corrected chi connectivity index (χ3v) is 5.63. The summed E-state index contributed by atoms with van der Waals surface area (Å²) in [5.74, 6) is 2.00. The molecule has 1 saturated heterocycles. The topological polar surface area (TPSA) is 70.2 Å². The van der Waals surface area contributed by atoms with Crippen LogP contribution < -0.4 is 10.1 Å². The highest BCUT2D eigenvalue weighted by atomic mass is 16.5. The van der Waals surface area contributed by atoms with Crippen LogP contribution >= 0.6 is 0 Å². The molecule has 0 saturated carbocycles. The van der Waals surface area contributed by atoms with Crippen molar-refractivity contribution in [2.45, 2.75) is 39.5 Å². The summed E-state index contributed by atoms with van der Waals surface area (Å²) >= 11 is 0. The van der Waals surface area contributed by atoms with Crippen molar-refractivity contribution >= 4 is 22.8 Å². The van der Waals surface area contributed by atoms with E-state index in [0.717, 1.165) is 47.7 Å². The first kappa shape index (κ1) is 19.3. The van der Waals surface area contributed by atoms with Crippen LogP contribution in [0.3, 0.4) is 0 Å². The highest BCUT2D eigenvalue weighted by Crippen LogP contribution is 2.28. The zero-order valence-electron chi connectivity index (χ0n) is 17.3. The molecule has 2 N–H and O–H groups in total. The lowest BCUT2D eigenvalue weighted by Gasteiger charge is -2.31. The second-order valence-electron chi connectivity index (χ2n) is 7.75. The van der Waals surface area contributed by atoms with Gasteiger partial charge in [0, 0.05) is 24.7 Å². The van der Waals surface area contributed by atoms with E-state index >= 15 is 0 Å². The zero-order valence-corrected chi connectivity index (χ0v) is 17.3. The maximum atomic E-state index is 12.8. The molecule has 3 aromatic rings. The van der Waals surface area contributed by atoms with Crippen LogP contribution in [0.5, 0.6) is 5.75 Å². The molecule has 0 spiro atoms. The van der Waals surface area contributed by atoms with Gasteiger partial charge in [0.25, 0.3) is 0 Å². The van der Waals surface area contributed by atoms with Crippen LogP contribution in [0.2, 0.25) is 0 Å². The van der Waals surface area contributed by atoms with Gasteiger partial charge in [0.2, 0.25) is 0 Å². The van der Waals surface area contributed by atoms with E-state index in [9.17, 15) is 4.79 Å². The van der Waals surface area contributed by atoms with Gasteiger partial charge >= 0.3 is 6.03 Å². The van der Waals surface area contributed by atoms with E-state index in [2.05, 4.69) is 36.3 Å². The summed E-state index contributed by atoms with van der Waals surface area (Å²) < 4.78 is 5.45. The average Bonchev–Trinajstić information content (AvgIpc) is 3.13. The summed E-state index contributed by atoms with van der Waals surface area (Å²) in [6.45, 7) is 8.23. The van der Waals surface area contributed by atoms with Crippen molar-refractivity contribution in [3.8, 4) is 5.75 Å². The summed E-state index contributed by atoms with van der Waals surface area (Å²) in [5, 5.41) is 3.00. The number of piperidine rings is 1. The first-order chi connectivity index (χ1) is 14.0. The number of anilines is 1. The van der Waals surface area contributed by atoms with Crippen molar-refractivity contribution in [2.75, 3.05) is 25.0 Å². The number of hydrogen-bond donors (Lipinski definition) is 2. The number of aromatic amines is 1. The molecule has 1 atom stereocenters. The molecule has 152 valence electrons. The number of carbonyl (C=O) groups excluding carboxylic acids is 1. The minimum Gasteiger partial charge on any atom is -0.494 e. The number of nitrogens with zero attached hydrogens (tertiary/aromatic N) is 2. The number of benzene rings is 2. The summed E-state index contributed by atoms with van der Waals surface area (Å²) in [6.07, 6.45) is 2.00. The highest BCUT2D eigenvalue weighted by molar-refractivity contribution is 5.89. The predicted molar refractivity (Wildman–Crippen MR) is 116 cm³/mol. The fraction of sp³-hybridized carbons (Fsp3) is 0.391. The number of ether oxygens (including phenoxy) is 1. The maximum Gasteiger partial charge on any atom is 0.321 e. The van der Waals surface area contributed by atoms with Gasteiger partial charge in [-0.25, -0.2) is 9.78 Å². The Kier molecular flexibility index (Phi) is 5.43. The molecule has 29 heavy (non-hydrogen) atoms. The Morgan fingerprint density at radius 1 is 1.24 bits per heavy atom. The second kappa shape index (κ2) is 8.15. The summed E-state index contributed by atoms with van der Waals surface area (Å²) in [6, 6.07) is 11.7. The second-order valence-corrected chi connectivity index (χ2v) is 7.75. The van der Waals surface area contributed by atoms with Crippen molar-refractivity contribution in [2.24, 2.45) is 0 Å². The Bertz CT molecular complexity index is 971. The third-order valence-electron chi connectivity index (χ3n) is 5.63. The first-order valence-electron chi connectivity index (χ1n) is 10.3. The normalized spacial score (nSPS) is 16.8. The molecule has 2 amide bonds. The van der Waals surface area contributed by atoms with E-state index in [1.54, 1.807) is 0 Å². The Labute approximate surface area is 171 Å². The smallest absolute Gasteiger partial charge is 0.321 e. The number of hydrogen-bond acceptors (Lipinski definition) is 3. The largest absolute Gasteiger partial charge is 0.494 e. The van der Waals surface area contributed by atoms with E-state index in [0.29, 0.717) is 13.2 Å². The lowest BCUT2D eigenvalue weighted by atomic mass is 9.97. The molecule has 6 nitrogen and oxygen atoms in total. The number of likely N-dealkylation sites (tertiary alicyclic amines) is 1. The van der Waals surface area contributed by atoms with Crippen molar-refractivity contribution < 1.29 is 9.53 Å². The van der Waals surface area contributed by atoms with E-state index in [1.807, 2.05) is 36.1 Å². The number of amides is 2. The molecule has 2 heterocycles. The van der Waals surface area contributed by atoms with Gasteiger partial charge in [0.15, 0.2) is 0 Å². The van der Waals surface area contributed by atoms with Crippen LogP contribution in [0, 0.1) is 13.8 Å². The fourth-order valence-electron chi connectivity index (χ4n) is 3.87. The maximum absolute atomic E-state index is 12.8. The van der Waals surface area contributed by atoms with Crippen molar-refractivity contribution in [1.29, 1.82) is 0 Å². The number of urea groups is 1. The molecule has 1 fully saturated rings. The molecule has 1 aliphatic heterocycles. The Hall–Kier alpha value is -3.02. The number of carbonyl (C=O) groups is 1. The van der Waals surface area contributed by atoms with Crippen LogP contribution in [0.15, 0.2) is 36.4 Å². The summed E-state index contributed by atoms with van der Waals surface area (Å²) in [4.78, 5) is 22.9. The molecule has 1 aliphatic rings. The minimum absolute atomic E-state index is 0.0679. The van der Waals surface area contributed by atoms with E-state index in [-0.39, 0.29) is 11.9 Å². The lowest BCUT2D eigenvalue weighted by Crippen LogP contribution is -2.41. The van der Waals surface area contributed by atoms with Gasteiger partial charge in [-0.05, 0) is 81.1 Å². The van der Waals surface area contributed by atoms with Gasteiger partial charge < -0.3 is 19.9 Å². The van der Waals surface area contributed by atoms with Crippen LogP contribution in [-0.2, 0) is 0 Å². The molecule has 0 aliphatic carbocycles. The molecular formula is C23H28N4O2. The molecule has 1 unspecified atom stereocenters. The number of aryl methyl sites for hydroxylation is 2. The number of H-pyrrole nitrogens is 1. The minimum atomic E-state index is -0.0679. The predicted octanol–water partition coefficient (Wildman–Crippen LogP) is 4.99. The molecule has 4 rings (SSSR count). The molecule has 2 aromatic carbocycles. The standard InChI is InChI=1S/C23H28N4O2/c1-4-29-19-9-7-18(8-10-19)24-23(28)27-11-5-6-17(14-27)22-25-20-12-15(2)16(3)13-21(20)26-22/h7-10,12-13,17H,4-6,11,14H2,1-3H3,(H,24,28)(H,25,26). The van der Waals surface area contributed by atoms with Gasteiger partial charge in [0.05, 0.1) is 17.6 Å². The monoisotopic (exact) mass is 392 g/mol. The Balaban J connectivity index is 1.44. The van der Waals surface area contributed by atoms with Gasteiger partial charge in [-0.1, -0.05) is 0 Å². The number of aromatic nitrogens is 2. The number of fused-ring (bicyclic) bond motifs is 1. The number of nitrogens with one attached hydrogen (secondary N) is 2. The van der Waals surface area contributed by atoms with Gasteiger partial charge in [-0.15, -0.1) is 0 Å². The van der Waals surface area contributed by atoms with Gasteiger partial charge in [-0.3, -0.25) is 0 Å². The summed E-state index contributed by atoms with van der Waals surface area (Å²) in [7, 11) is 0. The Morgan fingerprint density at radius 2 is 2.00 bits per heavy atom. The van der Waals surface area contributed by atoms with Crippen molar-refractivity contribution in [3.63, 3.8) is 0 Å². The summed E-state index contributed by atoms with van der Waals surface area (Å²) in [5.41, 5.74) is 5.34. The van der Waals surface area contributed by atoms with E-state index in [1.165, 1.54) is 11.1 Å². The molecule has 0 radical (unpaired) electrons. The molecule has 6 heteroatoms.